The Morgan fingerprint density at radius 1 is 1.18 bits per heavy atom. The molecule has 0 unspecified atom stereocenters. The van der Waals surface area contributed by atoms with E-state index in [4.69, 9.17) is 28.2 Å². The molecular formula is C22H22ClN3OS. The lowest BCUT2D eigenvalue weighted by molar-refractivity contribution is 0.275. The van der Waals surface area contributed by atoms with Crippen LogP contribution in [0.1, 0.15) is 42.4 Å². The third-order valence-electron chi connectivity index (χ3n) is 5.11. The molecule has 6 heteroatoms. The number of rotatable bonds is 5. The molecule has 1 saturated heterocycles. The summed E-state index contributed by atoms with van der Waals surface area (Å²) < 4.78 is 6.34. The van der Waals surface area contributed by atoms with Crippen LogP contribution in [0.5, 0.6) is 0 Å². The maximum atomic E-state index is 6.34. The van der Waals surface area contributed by atoms with Crippen molar-refractivity contribution in [2.45, 2.75) is 32.4 Å². The molecule has 1 aliphatic rings. The number of halogens is 1. The monoisotopic (exact) mass is 411 g/mol. The second-order valence-electron chi connectivity index (χ2n) is 6.93. The van der Waals surface area contributed by atoms with Crippen LogP contribution < -0.4 is 5.32 Å². The largest absolute Gasteiger partial charge is 0.459 e. The summed E-state index contributed by atoms with van der Waals surface area (Å²) in [6.45, 7) is 5.01. The number of nitrogens with zero attached hydrogens (tertiary/aromatic N) is 2. The molecular weight excluding hydrogens is 390 g/mol. The first-order valence-electron chi connectivity index (χ1n) is 9.43. The van der Waals surface area contributed by atoms with Crippen molar-refractivity contribution in [1.82, 2.24) is 15.2 Å². The minimum absolute atomic E-state index is 0.0457. The second-order valence-corrected chi connectivity index (χ2v) is 7.73. The van der Waals surface area contributed by atoms with Crippen LogP contribution in [0.2, 0.25) is 5.02 Å². The van der Waals surface area contributed by atoms with Gasteiger partial charge in [0.25, 0.3) is 0 Å². The van der Waals surface area contributed by atoms with Gasteiger partial charge in [-0.15, -0.1) is 0 Å². The van der Waals surface area contributed by atoms with Gasteiger partial charge in [-0.05, 0) is 61.5 Å². The zero-order chi connectivity index (χ0) is 19.7. The van der Waals surface area contributed by atoms with Gasteiger partial charge < -0.3 is 14.6 Å². The van der Waals surface area contributed by atoms with Gasteiger partial charge >= 0.3 is 0 Å². The highest BCUT2D eigenvalue weighted by Gasteiger charge is 2.41. The van der Waals surface area contributed by atoms with Crippen molar-refractivity contribution < 1.29 is 4.42 Å². The van der Waals surface area contributed by atoms with Gasteiger partial charge in [0.2, 0.25) is 0 Å². The van der Waals surface area contributed by atoms with E-state index in [9.17, 15) is 0 Å². The normalized spacial score (nSPS) is 19.1. The number of thiocarbonyl (C=S) groups is 1. The fourth-order valence-electron chi connectivity index (χ4n) is 3.73. The fraction of sp³-hybridized carbons (Fsp3) is 0.273. The van der Waals surface area contributed by atoms with Gasteiger partial charge in [0, 0.05) is 23.3 Å². The minimum atomic E-state index is -0.0558. The van der Waals surface area contributed by atoms with Gasteiger partial charge in [-0.25, -0.2) is 0 Å². The van der Waals surface area contributed by atoms with Crippen molar-refractivity contribution >= 4 is 28.9 Å². The Bertz CT molecular complexity index is 988. The number of benzene rings is 1. The molecule has 4 rings (SSSR count). The molecule has 2 atom stereocenters. The summed E-state index contributed by atoms with van der Waals surface area (Å²) in [6, 6.07) is 15.7. The molecule has 0 bridgehead atoms. The van der Waals surface area contributed by atoms with Crippen molar-refractivity contribution in [2.24, 2.45) is 0 Å². The third-order valence-corrected chi connectivity index (χ3v) is 5.88. The Hall–Kier alpha value is -2.37. The van der Waals surface area contributed by atoms with E-state index in [1.54, 1.807) is 0 Å². The summed E-state index contributed by atoms with van der Waals surface area (Å²) in [5, 5.41) is 4.91. The molecule has 0 aliphatic carbocycles. The van der Waals surface area contributed by atoms with E-state index in [-0.39, 0.29) is 12.1 Å². The Labute approximate surface area is 175 Å². The van der Waals surface area contributed by atoms with Crippen LogP contribution in [0, 0.1) is 6.92 Å². The Morgan fingerprint density at radius 2 is 2.04 bits per heavy atom. The maximum absolute atomic E-state index is 6.34. The summed E-state index contributed by atoms with van der Waals surface area (Å²) >= 11 is 11.9. The van der Waals surface area contributed by atoms with Gasteiger partial charge in [-0.1, -0.05) is 36.7 Å². The first kappa shape index (κ1) is 19.0. The van der Waals surface area contributed by atoms with E-state index in [0.29, 0.717) is 0 Å². The number of aromatic nitrogens is 1. The van der Waals surface area contributed by atoms with Crippen molar-refractivity contribution in [2.75, 3.05) is 6.54 Å². The van der Waals surface area contributed by atoms with E-state index >= 15 is 0 Å². The number of hydrogen-bond donors (Lipinski definition) is 1. The lowest BCUT2D eigenvalue weighted by Gasteiger charge is -2.25. The number of hydrogen-bond acceptors (Lipinski definition) is 3. The van der Waals surface area contributed by atoms with Crippen LogP contribution in [-0.2, 0) is 0 Å². The van der Waals surface area contributed by atoms with Crippen molar-refractivity contribution in [3.63, 3.8) is 0 Å². The molecule has 0 spiro atoms. The Morgan fingerprint density at radius 3 is 2.79 bits per heavy atom. The second kappa shape index (κ2) is 7.94. The summed E-state index contributed by atoms with van der Waals surface area (Å²) in [7, 11) is 0. The summed E-state index contributed by atoms with van der Waals surface area (Å²) in [4.78, 5) is 6.74. The SMILES string of the molecule is CCCN1C(=S)N[C@H](c2ccccn2)[C@H]1c1ccc(-c2cccc(Cl)c2C)o1. The predicted molar refractivity (Wildman–Crippen MR) is 116 cm³/mol. The first-order chi connectivity index (χ1) is 13.6. The average Bonchev–Trinajstić information content (AvgIpc) is 3.30. The smallest absolute Gasteiger partial charge is 0.170 e. The molecule has 144 valence electrons. The van der Waals surface area contributed by atoms with Crippen LogP contribution >= 0.6 is 23.8 Å². The van der Waals surface area contributed by atoms with Crippen molar-refractivity contribution in [3.05, 3.63) is 76.8 Å². The predicted octanol–water partition coefficient (Wildman–Crippen LogP) is 5.69. The molecule has 4 nitrogen and oxygen atoms in total. The summed E-state index contributed by atoms with van der Waals surface area (Å²) in [5.74, 6) is 1.68. The minimum Gasteiger partial charge on any atom is -0.459 e. The van der Waals surface area contributed by atoms with E-state index in [1.807, 2.05) is 61.7 Å². The van der Waals surface area contributed by atoms with Crippen LogP contribution in [0.4, 0.5) is 0 Å². The molecule has 0 saturated carbocycles. The number of furan rings is 1. The van der Waals surface area contributed by atoms with E-state index in [0.717, 1.165) is 51.4 Å². The highest BCUT2D eigenvalue weighted by atomic mass is 35.5. The summed E-state index contributed by atoms with van der Waals surface area (Å²) in [6.07, 6.45) is 2.80. The highest BCUT2D eigenvalue weighted by Crippen LogP contribution is 2.41. The standard InChI is InChI=1S/C22H22ClN3OS/c1-3-13-26-21(20(25-22(26)28)17-9-4-5-12-24-17)19-11-10-18(27-19)15-7-6-8-16(23)14(15)2/h4-12,20-21H,3,13H2,1-2H3,(H,25,28)/t20-,21-/m1/s1. The van der Waals surface area contributed by atoms with E-state index in [1.165, 1.54) is 0 Å². The van der Waals surface area contributed by atoms with Crippen LogP contribution in [-0.4, -0.2) is 21.5 Å². The fourth-order valence-corrected chi connectivity index (χ4v) is 4.23. The molecule has 0 radical (unpaired) electrons. The van der Waals surface area contributed by atoms with Crippen LogP contribution in [0.25, 0.3) is 11.3 Å². The van der Waals surface area contributed by atoms with Crippen molar-refractivity contribution in [1.29, 1.82) is 0 Å². The zero-order valence-electron chi connectivity index (χ0n) is 15.9. The summed E-state index contributed by atoms with van der Waals surface area (Å²) in [5.41, 5.74) is 2.96. The molecule has 1 fully saturated rings. The first-order valence-corrected chi connectivity index (χ1v) is 10.2. The molecule has 3 heterocycles. The zero-order valence-corrected chi connectivity index (χ0v) is 17.4. The average molecular weight is 412 g/mol. The Kier molecular flexibility index (Phi) is 5.38. The lowest BCUT2D eigenvalue weighted by Crippen LogP contribution is -2.30. The molecule has 1 aromatic carbocycles. The number of nitrogens with one attached hydrogen (secondary N) is 1. The highest BCUT2D eigenvalue weighted by molar-refractivity contribution is 7.80. The molecule has 0 amide bonds. The van der Waals surface area contributed by atoms with Gasteiger partial charge in [0.15, 0.2) is 5.11 Å². The Balaban J connectivity index is 1.75. The van der Waals surface area contributed by atoms with Crippen LogP contribution in [0.3, 0.4) is 0 Å². The van der Waals surface area contributed by atoms with Crippen molar-refractivity contribution in [3.8, 4) is 11.3 Å². The topological polar surface area (TPSA) is 41.3 Å². The maximum Gasteiger partial charge on any atom is 0.170 e. The molecule has 1 aliphatic heterocycles. The van der Waals surface area contributed by atoms with E-state index in [2.05, 4.69) is 22.1 Å². The van der Waals surface area contributed by atoms with E-state index < -0.39 is 0 Å². The van der Waals surface area contributed by atoms with Gasteiger partial charge in [0.1, 0.15) is 17.6 Å². The van der Waals surface area contributed by atoms with Gasteiger partial charge in [-0.2, -0.15) is 0 Å². The molecule has 1 N–H and O–H groups in total. The third kappa shape index (κ3) is 3.40. The van der Waals surface area contributed by atoms with Gasteiger partial charge in [0.05, 0.1) is 11.7 Å². The van der Waals surface area contributed by atoms with Gasteiger partial charge in [-0.3, -0.25) is 4.98 Å². The molecule has 2 aromatic heterocycles. The molecule has 3 aromatic rings. The quantitative estimate of drug-likeness (QED) is 0.546. The lowest BCUT2D eigenvalue weighted by atomic mass is 10.0. The molecule has 28 heavy (non-hydrogen) atoms. The number of pyridine rings is 1. The van der Waals surface area contributed by atoms with Crippen LogP contribution in [0.15, 0.2) is 59.1 Å².